The molecular formula is C15H23N3O. The van der Waals surface area contributed by atoms with Crippen LogP contribution in [0, 0.1) is 5.92 Å². The number of carbonyl (C=O) groups is 1. The molecule has 104 valence electrons. The van der Waals surface area contributed by atoms with Crippen molar-refractivity contribution >= 4 is 5.91 Å². The lowest BCUT2D eigenvalue weighted by atomic mass is 9.98. The van der Waals surface area contributed by atoms with Crippen LogP contribution in [0.4, 0.5) is 0 Å². The Morgan fingerprint density at radius 3 is 2.63 bits per heavy atom. The quantitative estimate of drug-likeness (QED) is 0.851. The van der Waals surface area contributed by atoms with E-state index in [-0.39, 0.29) is 17.9 Å². The van der Waals surface area contributed by atoms with Crippen molar-refractivity contribution in [2.75, 3.05) is 0 Å². The molecule has 1 heterocycles. The Morgan fingerprint density at radius 2 is 2.11 bits per heavy atom. The maximum Gasteiger partial charge on any atom is 0.240 e. The van der Waals surface area contributed by atoms with E-state index in [0.29, 0.717) is 12.6 Å². The fourth-order valence-corrected chi connectivity index (χ4v) is 2.15. The zero-order chi connectivity index (χ0) is 13.8. The number of pyridine rings is 1. The third kappa shape index (κ3) is 3.53. The Morgan fingerprint density at radius 1 is 1.47 bits per heavy atom. The summed E-state index contributed by atoms with van der Waals surface area (Å²) in [7, 11) is 0. The van der Waals surface area contributed by atoms with Crippen molar-refractivity contribution in [2.24, 2.45) is 11.7 Å². The Bertz CT molecular complexity index is 417. The van der Waals surface area contributed by atoms with Crippen molar-refractivity contribution < 1.29 is 4.79 Å². The normalized spacial score (nSPS) is 17.8. The highest BCUT2D eigenvalue weighted by Gasteiger charge is 2.35. The van der Waals surface area contributed by atoms with Crippen LogP contribution in [0.2, 0.25) is 0 Å². The van der Waals surface area contributed by atoms with E-state index in [1.54, 1.807) is 12.4 Å². The lowest BCUT2D eigenvalue weighted by molar-refractivity contribution is -0.135. The minimum Gasteiger partial charge on any atom is -0.334 e. The molecule has 1 fully saturated rings. The van der Waals surface area contributed by atoms with Gasteiger partial charge in [0.05, 0.1) is 6.04 Å². The van der Waals surface area contributed by atoms with Crippen LogP contribution in [0.3, 0.4) is 0 Å². The molecule has 0 radical (unpaired) electrons. The first-order chi connectivity index (χ1) is 9.13. The molecule has 0 spiro atoms. The highest BCUT2D eigenvalue weighted by atomic mass is 16.2. The van der Waals surface area contributed by atoms with Crippen molar-refractivity contribution in [2.45, 2.75) is 51.7 Å². The molecule has 2 rings (SSSR count). The molecule has 19 heavy (non-hydrogen) atoms. The Balaban J connectivity index is 2.06. The van der Waals surface area contributed by atoms with E-state index in [1.165, 1.54) is 0 Å². The first-order valence-electron chi connectivity index (χ1n) is 7.08. The fourth-order valence-electron chi connectivity index (χ4n) is 2.15. The molecule has 0 saturated heterocycles. The Hall–Kier alpha value is -1.42. The van der Waals surface area contributed by atoms with E-state index < -0.39 is 0 Å². The van der Waals surface area contributed by atoms with Gasteiger partial charge in [0.2, 0.25) is 5.91 Å². The molecule has 2 atom stereocenters. The first kappa shape index (κ1) is 14.0. The number of hydrogen-bond donors (Lipinski definition) is 1. The van der Waals surface area contributed by atoms with Crippen molar-refractivity contribution in [3.05, 3.63) is 30.1 Å². The molecule has 4 nitrogen and oxygen atoms in total. The van der Waals surface area contributed by atoms with Crippen LogP contribution < -0.4 is 5.73 Å². The Labute approximate surface area is 115 Å². The van der Waals surface area contributed by atoms with Gasteiger partial charge in [-0.2, -0.15) is 0 Å². The van der Waals surface area contributed by atoms with Gasteiger partial charge in [-0.05, 0) is 36.5 Å². The second kappa shape index (κ2) is 6.15. The third-order valence-corrected chi connectivity index (χ3v) is 3.92. The lowest BCUT2D eigenvalue weighted by Crippen LogP contribution is -2.47. The lowest BCUT2D eigenvalue weighted by Gasteiger charge is -2.28. The summed E-state index contributed by atoms with van der Waals surface area (Å²) in [5.74, 6) is 0.319. The van der Waals surface area contributed by atoms with Gasteiger partial charge in [0, 0.05) is 25.0 Å². The highest BCUT2D eigenvalue weighted by molar-refractivity contribution is 5.82. The number of nitrogens with zero attached hydrogens (tertiary/aromatic N) is 2. The van der Waals surface area contributed by atoms with Gasteiger partial charge in [-0.3, -0.25) is 9.78 Å². The minimum absolute atomic E-state index is 0.0914. The van der Waals surface area contributed by atoms with E-state index in [1.807, 2.05) is 24.0 Å². The summed E-state index contributed by atoms with van der Waals surface area (Å²) in [5.41, 5.74) is 7.21. The van der Waals surface area contributed by atoms with E-state index in [9.17, 15) is 4.79 Å². The summed E-state index contributed by atoms with van der Waals surface area (Å²) in [6, 6.07) is 3.91. The van der Waals surface area contributed by atoms with Crippen LogP contribution in [0.1, 0.15) is 38.7 Å². The van der Waals surface area contributed by atoms with E-state index in [0.717, 1.165) is 24.8 Å². The van der Waals surface area contributed by atoms with Gasteiger partial charge in [0.1, 0.15) is 0 Å². The highest BCUT2D eigenvalue weighted by Crippen LogP contribution is 2.29. The number of rotatable bonds is 6. The van der Waals surface area contributed by atoms with Crippen molar-refractivity contribution in [3.63, 3.8) is 0 Å². The zero-order valence-electron chi connectivity index (χ0n) is 11.7. The average molecular weight is 261 g/mol. The second-order valence-electron chi connectivity index (χ2n) is 5.46. The molecule has 0 aromatic carbocycles. The SMILES string of the molecule is CC[C@H](C)[C@H](N)C(=O)N(Cc1ccncc1)C1CC1. The van der Waals surface area contributed by atoms with Gasteiger partial charge in [-0.25, -0.2) is 0 Å². The Kier molecular flexibility index (Phi) is 4.53. The average Bonchev–Trinajstić information content (AvgIpc) is 3.28. The molecule has 2 N–H and O–H groups in total. The third-order valence-electron chi connectivity index (χ3n) is 3.92. The van der Waals surface area contributed by atoms with Gasteiger partial charge in [-0.15, -0.1) is 0 Å². The molecule has 1 aromatic rings. The molecule has 0 unspecified atom stereocenters. The van der Waals surface area contributed by atoms with Crippen LogP contribution >= 0.6 is 0 Å². The monoisotopic (exact) mass is 261 g/mol. The predicted octanol–water partition coefficient (Wildman–Crippen LogP) is 1.95. The maximum atomic E-state index is 12.5. The molecule has 1 aliphatic carbocycles. The van der Waals surface area contributed by atoms with E-state index in [2.05, 4.69) is 11.9 Å². The van der Waals surface area contributed by atoms with Crippen LogP contribution in [-0.2, 0) is 11.3 Å². The maximum absolute atomic E-state index is 12.5. The smallest absolute Gasteiger partial charge is 0.240 e. The summed E-state index contributed by atoms with van der Waals surface area (Å²) in [5, 5.41) is 0. The number of amides is 1. The molecule has 1 saturated carbocycles. The number of hydrogen-bond acceptors (Lipinski definition) is 3. The predicted molar refractivity (Wildman–Crippen MR) is 75.2 cm³/mol. The van der Waals surface area contributed by atoms with E-state index in [4.69, 9.17) is 5.73 Å². The largest absolute Gasteiger partial charge is 0.334 e. The standard InChI is InChI=1S/C15H23N3O/c1-3-11(2)14(16)15(19)18(13-4-5-13)10-12-6-8-17-9-7-12/h6-9,11,13-14H,3-5,10,16H2,1-2H3/t11-,14-/m0/s1. The topological polar surface area (TPSA) is 59.2 Å². The van der Waals surface area contributed by atoms with Crippen LogP contribution in [0.15, 0.2) is 24.5 Å². The molecule has 1 amide bonds. The number of aromatic nitrogens is 1. The number of carbonyl (C=O) groups excluding carboxylic acids is 1. The van der Waals surface area contributed by atoms with E-state index >= 15 is 0 Å². The van der Waals surface area contributed by atoms with Crippen LogP contribution in [0.25, 0.3) is 0 Å². The number of nitrogens with two attached hydrogens (primary N) is 1. The fraction of sp³-hybridized carbons (Fsp3) is 0.600. The molecule has 4 heteroatoms. The molecule has 0 aliphatic heterocycles. The van der Waals surface area contributed by atoms with Crippen molar-refractivity contribution in [1.82, 2.24) is 9.88 Å². The van der Waals surface area contributed by atoms with Gasteiger partial charge in [-0.1, -0.05) is 20.3 Å². The summed E-state index contributed by atoms with van der Waals surface area (Å²) >= 11 is 0. The van der Waals surface area contributed by atoms with Crippen molar-refractivity contribution in [1.29, 1.82) is 0 Å². The van der Waals surface area contributed by atoms with Gasteiger partial charge in [0.25, 0.3) is 0 Å². The van der Waals surface area contributed by atoms with Gasteiger partial charge in [0.15, 0.2) is 0 Å². The molecule has 1 aromatic heterocycles. The zero-order valence-corrected chi connectivity index (χ0v) is 11.7. The molecule has 1 aliphatic rings. The summed E-state index contributed by atoms with van der Waals surface area (Å²) in [6.07, 6.45) is 6.66. The molecular weight excluding hydrogens is 238 g/mol. The summed E-state index contributed by atoms with van der Waals surface area (Å²) in [6.45, 7) is 4.76. The van der Waals surface area contributed by atoms with Crippen molar-refractivity contribution in [3.8, 4) is 0 Å². The first-order valence-corrected chi connectivity index (χ1v) is 7.08. The van der Waals surface area contributed by atoms with Crippen LogP contribution in [0.5, 0.6) is 0 Å². The van der Waals surface area contributed by atoms with Gasteiger partial charge < -0.3 is 10.6 Å². The van der Waals surface area contributed by atoms with Gasteiger partial charge >= 0.3 is 0 Å². The van der Waals surface area contributed by atoms with Crippen LogP contribution in [-0.4, -0.2) is 27.9 Å². The second-order valence-corrected chi connectivity index (χ2v) is 5.46. The minimum atomic E-state index is -0.382. The summed E-state index contributed by atoms with van der Waals surface area (Å²) < 4.78 is 0. The molecule has 0 bridgehead atoms. The summed E-state index contributed by atoms with van der Waals surface area (Å²) in [4.78, 5) is 18.5.